The average Bonchev–Trinajstić information content (AvgIpc) is 2.35. The standard InChI is InChI=1S/C11H14FNO4/c1-14-10-7(2-3-17-13)11-9(6-8(10)12)15-4-5-16-11/h6H,2-5,13H2,1H3. The summed E-state index contributed by atoms with van der Waals surface area (Å²) >= 11 is 0. The third-order valence-corrected chi connectivity index (χ3v) is 2.51. The van der Waals surface area contributed by atoms with Crippen molar-refractivity contribution in [1.82, 2.24) is 0 Å². The maximum absolute atomic E-state index is 13.7. The van der Waals surface area contributed by atoms with E-state index in [1.54, 1.807) is 0 Å². The summed E-state index contributed by atoms with van der Waals surface area (Å²) in [5.74, 6) is 5.53. The summed E-state index contributed by atoms with van der Waals surface area (Å²) in [5, 5.41) is 0. The number of methoxy groups -OCH3 is 1. The fraction of sp³-hybridized carbons (Fsp3) is 0.455. The molecule has 0 spiro atoms. The predicted molar refractivity (Wildman–Crippen MR) is 57.8 cm³/mol. The number of ether oxygens (including phenoxy) is 3. The van der Waals surface area contributed by atoms with E-state index in [9.17, 15) is 4.39 Å². The smallest absolute Gasteiger partial charge is 0.169 e. The average molecular weight is 243 g/mol. The monoisotopic (exact) mass is 243 g/mol. The number of benzene rings is 1. The molecule has 1 aliphatic heterocycles. The highest BCUT2D eigenvalue weighted by Crippen LogP contribution is 2.41. The molecular weight excluding hydrogens is 229 g/mol. The van der Waals surface area contributed by atoms with Crippen molar-refractivity contribution in [3.05, 3.63) is 17.4 Å². The van der Waals surface area contributed by atoms with Gasteiger partial charge in [0.25, 0.3) is 0 Å². The van der Waals surface area contributed by atoms with E-state index in [4.69, 9.17) is 20.1 Å². The summed E-state index contributed by atoms with van der Waals surface area (Å²) < 4.78 is 29.6. The lowest BCUT2D eigenvalue weighted by atomic mass is 10.1. The Morgan fingerprint density at radius 3 is 2.88 bits per heavy atom. The van der Waals surface area contributed by atoms with Gasteiger partial charge in [-0.25, -0.2) is 10.3 Å². The molecule has 0 atom stereocenters. The van der Waals surface area contributed by atoms with Crippen LogP contribution < -0.4 is 20.1 Å². The molecule has 94 valence electrons. The molecule has 0 fully saturated rings. The SMILES string of the molecule is COc1c(F)cc2c(c1CCON)OCCO2. The molecule has 2 rings (SSSR count). The quantitative estimate of drug-likeness (QED) is 0.800. The topological polar surface area (TPSA) is 62.9 Å². The largest absolute Gasteiger partial charge is 0.493 e. The Kier molecular flexibility index (Phi) is 3.65. The van der Waals surface area contributed by atoms with Crippen LogP contribution in [-0.4, -0.2) is 26.9 Å². The van der Waals surface area contributed by atoms with Gasteiger partial charge in [0.2, 0.25) is 0 Å². The van der Waals surface area contributed by atoms with Gasteiger partial charge in [0.15, 0.2) is 23.1 Å². The van der Waals surface area contributed by atoms with E-state index in [1.807, 2.05) is 0 Å². The number of hydrogen-bond donors (Lipinski definition) is 1. The molecule has 2 N–H and O–H groups in total. The first-order chi connectivity index (χ1) is 8.27. The molecule has 0 bridgehead atoms. The predicted octanol–water partition coefficient (Wildman–Crippen LogP) is 1.04. The van der Waals surface area contributed by atoms with Crippen LogP contribution in [0, 0.1) is 5.82 Å². The lowest BCUT2D eigenvalue weighted by Crippen LogP contribution is -2.18. The molecule has 1 aliphatic rings. The minimum atomic E-state index is -0.483. The summed E-state index contributed by atoms with van der Waals surface area (Å²) in [6.07, 6.45) is 0.392. The number of nitrogens with two attached hydrogens (primary N) is 1. The molecular formula is C11H14FNO4. The number of rotatable bonds is 4. The van der Waals surface area contributed by atoms with Gasteiger partial charge in [-0.1, -0.05) is 0 Å². The Bertz CT molecular complexity index is 411. The molecule has 6 heteroatoms. The normalized spacial score (nSPS) is 13.6. The zero-order valence-electron chi connectivity index (χ0n) is 9.49. The minimum Gasteiger partial charge on any atom is -0.493 e. The van der Waals surface area contributed by atoms with Crippen LogP contribution in [0.5, 0.6) is 17.2 Å². The van der Waals surface area contributed by atoms with Crippen LogP contribution in [0.15, 0.2) is 6.07 Å². The Morgan fingerprint density at radius 2 is 2.18 bits per heavy atom. The van der Waals surface area contributed by atoms with Crippen molar-refractivity contribution < 1.29 is 23.4 Å². The molecule has 0 aliphatic carbocycles. The van der Waals surface area contributed by atoms with E-state index in [-0.39, 0.29) is 12.4 Å². The second-order valence-corrected chi connectivity index (χ2v) is 3.52. The first-order valence-electron chi connectivity index (χ1n) is 5.24. The molecule has 0 saturated carbocycles. The summed E-state index contributed by atoms with van der Waals surface area (Å²) in [6.45, 7) is 1.08. The molecule has 1 aromatic carbocycles. The van der Waals surface area contributed by atoms with Crippen LogP contribution in [0.3, 0.4) is 0 Å². The molecule has 0 unspecified atom stereocenters. The van der Waals surface area contributed by atoms with Gasteiger partial charge < -0.3 is 19.0 Å². The van der Waals surface area contributed by atoms with Gasteiger partial charge in [0.05, 0.1) is 13.7 Å². The van der Waals surface area contributed by atoms with Crippen molar-refractivity contribution in [3.8, 4) is 17.2 Å². The van der Waals surface area contributed by atoms with E-state index >= 15 is 0 Å². The Balaban J connectivity index is 2.45. The molecule has 1 heterocycles. The van der Waals surface area contributed by atoms with Crippen molar-refractivity contribution in [2.45, 2.75) is 6.42 Å². The minimum absolute atomic E-state index is 0.145. The number of halogens is 1. The van der Waals surface area contributed by atoms with Crippen LogP contribution in [-0.2, 0) is 11.3 Å². The van der Waals surface area contributed by atoms with Gasteiger partial charge in [-0.05, 0) is 0 Å². The van der Waals surface area contributed by atoms with Crippen molar-refractivity contribution >= 4 is 0 Å². The van der Waals surface area contributed by atoms with Crippen molar-refractivity contribution in [2.24, 2.45) is 5.90 Å². The van der Waals surface area contributed by atoms with E-state index in [0.29, 0.717) is 36.7 Å². The first kappa shape index (κ1) is 11.9. The number of hydrogen-bond acceptors (Lipinski definition) is 5. The first-order valence-corrected chi connectivity index (χ1v) is 5.24. The van der Waals surface area contributed by atoms with Gasteiger partial charge in [-0.3, -0.25) is 0 Å². The van der Waals surface area contributed by atoms with Crippen LogP contribution in [0.1, 0.15) is 5.56 Å². The second-order valence-electron chi connectivity index (χ2n) is 3.52. The highest BCUT2D eigenvalue weighted by atomic mass is 19.1. The fourth-order valence-electron chi connectivity index (χ4n) is 1.81. The van der Waals surface area contributed by atoms with Crippen LogP contribution in [0.2, 0.25) is 0 Å². The zero-order chi connectivity index (χ0) is 12.3. The highest BCUT2D eigenvalue weighted by molar-refractivity contribution is 5.55. The van der Waals surface area contributed by atoms with Crippen LogP contribution in [0.4, 0.5) is 4.39 Å². The third kappa shape index (κ3) is 2.27. The zero-order valence-corrected chi connectivity index (χ0v) is 9.49. The van der Waals surface area contributed by atoms with Crippen molar-refractivity contribution in [2.75, 3.05) is 26.9 Å². The highest BCUT2D eigenvalue weighted by Gasteiger charge is 2.23. The molecule has 5 nitrogen and oxygen atoms in total. The Labute approximate surface area is 98.2 Å². The Hall–Kier alpha value is -1.53. The lowest BCUT2D eigenvalue weighted by molar-refractivity contribution is 0.136. The van der Waals surface area contributed by atoms with Gasteiger partial charge in [0, 0.05) is 18.1 Å². The maximum atomic E-state index is 13.7. The Morgan fingerprint density at radius 1 is 1.41 bits per heavy atom. The summed E-state index contributed by atoms with van der Waals surface area (Å²) in [4.78, 5) is 4.50. The van der Waals surface area contributed by atoms with Crippen molar-refractivity contribution in [3.63, 3.8) is 0 Å². The summed E-state index contributed by atoms with van der Waals surface area (Å²) in [5.41, 5.74) is 0.577. The van der Waals surface area contributed by atoms with E-state index in [2.05, 4.69) is 4.84 Å². The van der Waals surface area contributed by atoms with E-state index < -0.39 is 5.82 Å². The third-order valence-electron chi connectivity index (χ3n) is 2.51. The van der Waals surface area contributed by atoms with Gasteiger partial charge in [0.1, 0.15) is 13.2 Å². The lowest BCUT2D eigenvalue weighted by Gasteiger charge is -2.23. The fourth-order valence-corrected chi connectivity index (χ4v) is 1.81. The van der Waals surface area contributed by atoms with Gasteiger partial charge >= 0.3 is 0 Å². The van der Waals surface area contributed by atoms with Crippen LogP contribution in [0.25, 0.3) is 0 Å². The van der Waals surface area contributed by atoms with Gasteiger partial charge in [-0.15, -0.1) is 0 Å². The van der Waals surface area contributed by atoms with Crippen LogP contribution >= 0.6 is 0 Å². The molecule has 0 saturated heterocycles. The molecule has 0 aromatic heterocycles. The summed E-state index contributed by atoms with van der Waals surface area (Å²) in [6, 6.07) is 1.26. The van der Waals surface area contributed by atoms with E-state index in [0.717, 1.165) is 0 Å². The molecule has 1 aromatic rings. The van der Waals surface area contributed by atoms with E-state index in [1.165, 1.54) is 13.2 Å². The van der Waals surface area contributed by atoms with Gasteiger partial charge in [-0.2, -0.15) is 0 Å². The molecule has 17 heavy (non-hydrogen) atoms. The second kappa shape index (κ2) is 5.20. The van der Waals surface area contributed by atoms with Crippen molar-refractivity contribution in [1.29, 1.82) is 0 Å². The molecule has 0 radical (unpaired) electrons. The molecule has 0 amide bonds. The maximum Gasteiger partial charge on any atom is 0.169 e. The summed E-state index contributed by atoms with van der Waals surface area (Å²) in [7, 11) is 1.40. The number of fused-ring (bicyclic) bond motifs is 1.